The Labute approximate surface area is 96.0 Å². The second-order valence-corrected chi connectivity index (χ2v) is 4.20. The first-order chi connectivity index (χ1) is 7.52. The van der Waals surface area contributed by atoms with Crippen molar-refractivity contribution in [3.8, 4) is 0 Å². The van der Waals surface area contributed by atoms with E-state index in [4.69, 9.17) is 5.11 Å². The van der Waals surface area contributed by atoms with Gasteiger partial charge in [0.25, 0.3) is 0 Å². The van der Waals surface area contributed by atoms with E-state index in [1.807, 2.05) is 20.8 Å². The molecule has 1 N–H and O–H groups in total. The third kappa shape index (κ3) is 2.28. The van der Waals surface area contributed by atoms with E-state index in [9.17, 15) is 9.59 Å². The summed E-state index contributed by atoms with van der Waals surface area (Å²) < 4.78 is 0. The number of carboxylic acid groups (broad SMARTS) is 1. The van der Waals surface area contributed by atoms with Crippen LogP contribution < -0.4 is 0 Å². The fourth-order valence-corrected chi connectivity index (χ4v) is 2.21. The summed E-state index contributed by atoms with van der Waals surface area (Å²) in [5, 5.41) is 9.12. The Balaban J connectivity index is 2.79. The van der Waals surface area contributed by atoms with Gasteiger partial charge < -0.3 is 14.9 Å². The molecule has 5 nitrogen and oxygen atoms in total. The molecular formula is C11H20N2O3. The van der Waals surface area contributed by atoms with Crippen molar-refractivity contribution in [2.75, 3.05) is 19.6 Å². The third-order valence-corrected chi connectivity index (χ3v) is 3.23. The molecular weight excluding hydrogens is 208 g/mol. The number of carbonyl (C=O) groups excluding carboxylic acids is 1. The van der Waals surface area contributed by atoms with Gasteiger partial charge in [-0.1, -0.05) is 6.92 Å². The van der Waals surface area contributed by atoms with Crippen LogP contribution in [-0.2, 0) is 4.79 Å². The van der Waals surface area contributed by atoms with Crippen molar-refractivity contribution < 1.29 is 14.7 Å². The minimum Gasteiger partial charge on any atom is -0.480 e. The van der Waals surface area contributed by atoms with E-state index in [0.717, 1.165) is 6.42 Å². The Bertz CT molecular complexity index is 276. The van der Waals surface area contributed by atoms with Crippen LogP contribution in [-0.4, -0.2) is 52.6 Å². The number of nitrogens with zero attached hydrogens (tertiary/aromatic N) is 2. The van der Waals surface area contributed by atoms with Crippen molar-refractivity contribution in [1.29, 1.82) is 0 Å². The standard InChI is InChI=1S/C11H20N2O3/c1-4-12(5-2)11(16)13-7-6-8(3)9(13)10(14)15/h8-9H,4-7H2,1-3H3,(H,14,15). The van der Waals surface area contributed by atoms with Crippen molar-refractivity contribution in [3.63, 3.8) is 0 Å². The molecule has 1 heterocycles. The van der Waals surface area contributed by atoms with Crippen molar-refractivity contribution in [2.45, 2.75) is 33.2 Å². The van der Waals surface area contributed by atoms with Gasteiger partial charge in [-0.3, -0.25) is 0 Å². The van der Waals surface area contributed by atoms with E-state index >= 15 is 0 Å². The SMILES string of the molecule is CCN(CC)C(=O)N1CCC(C)C1C(=O)O. The summed E-state index contributed by atoms with van der Waals surface area (Å²) in [6.07, 6.45) is 0.768. The second-order valence-electron chi connectivity index (χ2n) is 4.20. The van der Waals surface area contributed by atoms with E-state index in [-0.39, 0.29) is 11.9 Å². The predicted molar refractivity (Wildman–Crippen MR) is 60.2 cm³/mol. The van der Waals surface area contributed by atoms with Gasteiger partial charge in [0.05, 0.1) is 0 Å². The molecule has 0 aromatic rings. The summed E-state index contributed by atoms with van der Waals surface area (Å²) in [6.45, 7) is 7.47. The van der Waals surface area contributed by atoms with Crippen molar-refractivity contribution in [1.82, 2.24) is 9.80 Å². The minimum atomic E-state index is -0.898. The highest BCUT2D eigenvalue weighted by Crippen LogP contribution is 2.25. The number of urea groups is 1. The molecule has 2 atom stereocenters. The first kappa shape index (κ1) is 12.8. The Morgan fingerprint density at radius 1 is 1.38 bits per heavy atom. The highest BCUT2D eigenvalue weighted by Gasteiger charge is 2.40. The molecule has 2 amide bonds. The maximum atomic E-state index is 12.1. The van der Waals surface area contributed by atoms with Gasteiger partial charge in [-0.25, -0.2) is 9.59 Å². The zero-order chi connectivity index (χ0) is 12.3. The van der Waals surface area contributed by atoms with Crippen LogP contribution >= 0.6 is 0 Å². The zero-order valence-electron chi connectivity index (χ0n) is 10.1. The van der Waals surface area contributed by atoms with Crippen molar-refractivity contribution in [2.24, 2.45) is 5.92 Å². The van der Waals surface area contributed by atoms with Crippen LogP contribution in [0.4, 0.5) is 4.79 Å². The first-order valence-corrected chi connectivity index (χ1v) is 5.81. The molecule has 1 rings (SSSR count). The number of carbonyl (C=O) groups is 2. The molecule has 92 valence electrons. The van der Waals surface area contributed by atoms with E-state index in [1.165, 1.54) is 4.90 Å². The van der Waals surface area contributed by atoms with Gasteiger partial charge in [0.15, 0.2) is 0 Å². The Morgan fingerprint density at radius 2 is 1.94 bits per heavy atom. The molecule has 0 spiro atoms. The molecule has 0 aromatic carbocycles. The number of hydrogen-bond donors (Lipinski definition) is 1. The fraction of sp³-hybridized carbons (Fsp3) is 0.818. The van der Waals surface area contributed by atoms with Gasteiger partial charge >= 0.3 is 12.0 Å². The molecule has 16 heavy (non-hydrogen) atoms. The molecule has 1 aliphatic rings. The Morgan fingerprint density at radius 3 is 2.38 bits per heavy atom. The van der Waals surface area contributed by atoms with Crippen LogP contribution in [0.15, 0.2) is 0 Å². The molecule has 0 aliphatic carbocycles. The Hall–Kier alpha value is -1.26. The lowest BCUT2D eigenvalue weighted by atomic mass is 10.0. The largest absolute Gasteiger partial charge is 0.480 e. The summed E-state index contributed by atoms with van der Waals surface area (Å²) in [5.74, 6) is -0.859. The Kier molecular flexibility index (Phi) is 4.15. The third-order valence-electron chi connectivity index (χ3n) is 3.23. The number of hydrogen-bond acceptors (Lipinski definition) is 2. The molecule has 0 saturated carbocycles. The second kappa shape index (κ2) is 5.18. The molecule has 2 unspecified atom stereocenters. The van der Waals surface area contributed by atoms with Crippen LogP contribution in [0.25, 0.3) is 0 Å². The zero-order valence-corrected chi connectivity index (χ0v) is 10.1. The lowest BCUT2D eigenvalue weighted by molar-refractivity contribution is -0.142. The maximum Gasteiger partial charge on any atom is 0.326 e. The molecule has 0 radical (unpaired) electrons. The summed E-state index contributed by atoms with van der Waals surface area (Å²) in [4.78, 5) is 26.3. The van der Waals surface area contributed by atoms with Gasteiger partial charge in [0, 0.05) is 19.6 Å². The number of likely N-dealkylation sites (tertiary alicyclic amines) is 1. The monoisotopic (exact) mass is 228 g/mol. The summed E-state index contributed by atoms with van der Waals surface area (Å²) in [6, 6.07) is -0.810. The average Bonchev–Trinajstić information content (AvgIpc) is 2.61. The van der Waals surface area contributed by atoms with Gasteiger partial charge in [-0.15, -0.1) is 0 Å². The topological polar surface area (TPSA) is 60.9 Å². The van der Waals surface area contributed by atoms with Crippen molar-refractivity contribution >= 4 is 12.0 Å². The normalized spacial score (nSPS) is 24.6. The van der Waals surface area contributed by atoms with Gasteiger partial charge in [0.2, 0.25) is 0 Å². The molecule has 1 fully saturated rings. The van der Waals surface area contributed by atoms with Crippen LogP contribution in [0.1, 0.15) is 27.2 Å². The average molecular weight is 228 g/mol. The smallest absolute Gasteiger partial charge is 0.326 e. The van der Waals surface area contributed by atoms with E-state index in [0.29, 0.717) is 19.6 Å². The molecule has 0 bridgehead atoms. The predicted octanol–water partition coefficient (Wildman–Crippen LogP) is 1.24. The maximum absolute atomic E-state index is 12.1. The number of amides is 2. The summed E-state index contributed by atoms with van der Waals surface area (Å²) in [7, 11) is 0. The fourth-order valence-electron chi connectivity index (χ4n) is 2.21. The van der Waals surface area contributed by atoms with Crippen LogP contribution in [0.2, 0.25) is 0 Å². The lowest BCUT2D eigenvalue weighted by Gasteiger charge is -2.29. The van der Waals surface area contributed by atoms with Crippen LogP contribution in [0.3, 0.4) is 0 Å². The molecule has 5 heteroatoms. The highest BCUT2D eigenvalue weighted by atomic mass is 16.4. The van der Waals surface area contributed by atoms with Crippen molar-refractivity contribution in [3.05, 3.63) is 0 Å². The highest BCUT2D eigenvalue weighted by molar-refractivity contribution is 5.83. The molecule has 0 aromatic heterocycles. The van der Waals surface area contributed by atoms with E-state index in [2.05, 4.69) is 0 Å². The van der Waals surface area contributed by atoms with Gasteiger partial charge in [0.1, 0.15) is 6.04 Å². The van der Waals surface area contributed by atoms with Crippen LogP contribution in [0.5, 0.6) is 0 Å². The number of aliphatic carboxylic acids is 1. The van der Waals surface area contributed by atoms with Gasteiger partial charge in [-0.2, -0.15) is 0 Å². The van der Waals surface area contributed by atoms with Gasteiger partial charge in [-0.05, 0) is 26.2 Å². The summed E-state index contributed by atoms with van der Waals surface area (Å²) >= 11 is 0. The minimum absolute atomic E-state index is 0.0389. The quantitative estimate of drug-likeness (QED) is 0.790. The molecule has 1 saturated heterocycles. The van der Waals surface area contributed by atoms with E-state index < -0.39 is 12.0 Å². The van der Waals surface area contributed by atoms with E-state index in [1.54, 1.807) is 4.90 Å². The summed E-state index contributed by atoms with van der Waals surface area (Å²) in [5.41, 5.74) is 0. The van der Waals surface area contributed by atoms with Crippen LogP contribution in [0, 0.1) is 5.92 Å². The first-order valence-electron chi connectivity index (χ1n) is 5.81. The number of carboxylic acids is 1. The number of rotatable bonds is 3. The molecule has 1 aliphatic heterocycles. The lowest BCUT2D eigenvalue weighted by Crippen LogP contribution is -2.49.